The number of nitrogens with one attached hydrogen (secondary N) is 2. The van der Waals surface area contributed by atoms with Crippen LogP contribution in [0.1, 0.15) is 30.1 Å². The van der Waals surface area contributed by atoms with Crippen LogP contribution in [0.2, 0.25) is 0 Å². The van der Waals surface area contributed by atoms with Crippen molar-refractivity contribution in [3.63, 3.8) is 0 Å². The topological polar surface area (TPSA) is 105 Å². The average Bonchev–Trinajstić information content (AvgIpc) is 3.22. The summed E-state index contributed by atoms with van der Waals surface area (Å²) in [6.07, 6.45) is 1.61. The lowest BCUT2D eigenvalue weighted by atomic mass is 10.2. The van der Waals surface area contributed by atoms with E-state index in [1.54, 1.807) is 7.11 Å². The van der Waals surface area contributed by atoms with Gasteiger partial charge >= 0.3 is 5.97 Å². The third-order valence-electron chi connectivity index (χ3n) is 3.24. The van der Waals surface area contributed by atoms with Crippen molar-refractivity contribution in [1.82, 2.24) is 4.72 Å². The highest BCUT2D eigenvalue weighted by Crippen LogP contribution is 2.27. The van der Waals surface area contributed by atoms with E-state index in [9.17, 15) is 13.2 Å². The molecule has 1 saturated carbocycles. The van der Waals surface area contributed by atoms with Crippen LogP contribution in [-0.4, -0.2) is 45.3 Å². The number of sulfonamides is 1. The molecule has 1 aromatic rings. The molecular formula is C14H20N2O5S. The molecule has 8 heteroatoms. The van der Waals surface area contributed by atoms with Crippen molar-refractivity contribution in [2.75, 3.05) is 19.0 Å². The van der Waals surface area contributed by atoms with E-state index in [-0.39, 0.29) is 22.5 Å². The number of carboxylic acid groups (broad SMARTS) is 1. The van der Waals surface area contributed by atoms with E-state index < -0.39 is 16.0 Å². The molecule has 0 bridgehead atoms. The molecule has 0 amide bonds. The molecule has 22 heavy (non-hydrogen) atoms. The minimum absolute atomic E-state index is 0.0530. The molecule has 0 radical (unpaired) electrons. The number of anilines is 1. The first-order valence-corrected chi connectivity index (χ1v) is 8.47. The Bertz CT molecular complexity index is 655. The lowest BCUT2D eigenvalue weighted by Gasteiger charge is -2.18. The van der Waals surface area contributed by atoms with Crippen molar-refractivity contribution in [3.8, 4) is 0 Å². The normalized spacial score (nSPS) is 16.3. The lowest BCUT2D eigenvalue weighted by molar-refractivity contribution is 0.0696. The summed E-state index contributed by atoms with van der Waals surface area (Å²) in [6, 6.07) is 3.85. The minimum Gasteiger partial charge on any atom is -0.478 e. The van der Waals surface area contributed by atoms with E-state index >= 15 is 0 Å². The number of carbonyl (C=O) groups is 1. The smallest absolute Gasteiger partial charge is 0.335 e. The first-order chi connectivity index (χ1) is 10.3. The number of aromatic carboxylic acids is 1. The molecule has 1 atom stereocenters. The monoisotopic (exact) mass is 328 g/mol. The highest BCUT2D eigenvalue weighted by Gasteiger charge is 2.30. The van der Waals surface area contributed by atoms with Gasteiger partial charge in [-0.3, -0.25) is 0 Å². The van der Waals surface area contributed by atoms with Crippen molar-refractivity contribution < 1.29 is 23.1 Å². The van der Waals surface area contributed by atoms with Crippen LogP contribution in [0.5, 0.6) is 0 Å². The van der Waals surface area contributed by atoms with Crippen molar-refractivity contribution >= 4 is 21.7 Å². The maximum absolute atomic E-state index is 12.4. The molecule has 1 aliphatic carbocycles. The van der Waals surface area contributed by atoms with Gasteiger partial charge in [-0.25, -0.2) is 17.9 Å². The predicted octanol–water partition coefficient (Wildman–Crippen LogP) is 1.27. The second kappa shape index (κ2) is 6.64. The number of hydrogen-bond donors (Lipinski definition) is 3. The van der Waals surface area contributed by atoms with Crippen LogP contribution in [0.4, 0.5) is 5.69 Å². The van der Waals surface area contributed by atoms with Crippen LogP contribution in [0.25, 0.3) is 0 Å². The molecule has 122 valence electrons. The van der Waals surface area contributed by atoms with Crippen LogP contribution in [0.15, 0.2) is 23.1 Å². The Hall–Kier alpha value is -1.64. The van der Waals surface area contributed by atoms with E-state index in [0.717, 1.165) is 12.8 Å². The van der Waals surface area contributed by atoms with Gasteiger partial charge < -0.3 is 15.2 Å². The van der Waals surface area contributed by atoms with Crippen molar-refractivity contribution in [2.24, 2.45) is 0 Å². The summed E-state index contributed by atoms with van der Waals surface area (Å²) < 4.78 is 32.5. The predicted molar refractivity (Wildman–Crippen MR) is 81.7 cm³/mol. The molecule has 0 saturated heterocycles. The molecule has 1 aromatic carbocycles. The molecule has 0 aliphatic heterocycles. The molecule has 3 N–H and O–H groups in total. The first-order valence-electron chi connectivity index (χ1n) is 6.98. The molecule has 0 aromatic heterocycles. The lowest BCUT2D eigenvalue weighted by Crippen LogP contribution is -2.28. The van der Waals surface area contributed by atoms with Gasteiger partial charge in [0.25, 0.3) is 0 Å². The molecule has 7 nitrogen and oxygen atoms in total. The van der Waals surface area contributed by atoms with Gasteiger partial charge in [0.1, 0.15) is 4.90 Å². The number of benzene rings is 1. The number of ether oxygens (including phenoxy) is 1. The van der Waals surface area contributed by atoms with E-state index in [4.69, 9.17) is 9.84 Å². The number of hydrogen-bond acceptors (Lipinski definition) is 5. The van der Waals surface area contributed by atoms with Gasteiger partial charge in [0.15, 0.2) is 0 Å². The fourth-order valence-electron chi connectivity index (χ4n) is 2.04. The van der Waals surface area contributed by atoms with Crippen molar-refractivity contribution in [2.45, 2.75) is 36.7 Å². The van der Waals surface area contributed by atoms with Crippen LogP contribution in [-0.2, 0) is 14.8 Å². The summed E-state index contributed by atoms with van der Waals surface area (Å²) in [5, 5.41) is 12.1. The zero-order chi connectivity index (χ0) is 16.3. The third-order valence-corrected chi connectivity index (χ3v) is 4.80. The van der Waals surface area contributed by atoms with Gasteiger partial charge in [-0.1, -0.05) is 0 Å². The maximum Gasteiger partial charge on any atom is 0.335 e. The van der Waals surface area contributed by atoms with Crippen molar-refractivity contribution in [3.05, 3.63) is 23.8 Å². The van der Waals surface area contributed by atoms with Gasteiger partial charge in [0.05, 0.1) is 17.9 Å². The Morgan fingerprint density at radius 1 is 1.45 bits per heavy atom. The summed E-state index contributed by atoms with van der Waals surface area (Å²) in [7, 11) is -2.21. The fraction of sp³-hybridized carbons (Fsp3) is 0.500. The Kier molecular flexibility index (Phi) is 5.05. The minimum atomic E-state index is -3.76. The Balaban J connectivity index is 2.37. The van der Waals surface area contributed by atoms with Gasteiger partial charge in [-0.2, -0.15) is 0 Å². The second-order valence-electron chi connectivity index (χ2n) is 5.41. The number of carboxylic acids is 1. The third kappa shape index (κ3) is 4.19. The zero-order valence-electron chi connectivity index (χ0n) is 12.5. The Labute approximate surface area is 129 Å². The van der Waals surface area contributed by atoms with E-state index in [0.29, 0.717) is 12.3 Å². The molecular weight excluding hydrogens is 308 g/mol. The first kappa shape index (κ1) is 16.7. The average molecular weight is 328 g/mol. The van der Waals surface area contributed by atoms with E-state index in [1.165, 1.54) is 18.2 Å². The quantitative estimate of drug-likeness (QED) is 0.664. The van der Waals surface area contributed by atoms with Gasteiger partial charge in [-0.05, 0) is 38.0 Å². The molecule has 0 heterocycles. The SMILES string of the molecule is COC[C@@H](C)Nc1ccc(C(=O)O)cc1S(=O)(=O)NC1CC1. The van der Waals surface area contributed by atoms with Gasteiger partial charge in [0, 0.05) is 19.2 Å². The standard InChI is InChI=1S/C14H20N2O5S/c1-9(8-21-2)15-12-6-3-10(14(17)18)7-13(12)22(19,20)16-11-4-5-11/h3,6-7,9,11,15-16H,4-5,8H2,1-2H3,(H,17,18)/t9-/m1/s1. The highest BCUT2D eigenvalue weighted by atomic mass is 32.2. The molecule has 2 rings (SSSR count). The Morgan fingerprint density at radius 3 is 2.68 bits per heavy atom. The summed E-state index contributed by atoms with van der Waals surface area (Å²) in [5.41, 5.74) is 0.295. The van der Waals surface area contributed by atoms with Crippen LogP contribution >= 0.6 is 0 Å². The van der Waals surface area contributed by atoms with Crippen LogP contribution < -0.4 is 10.0 Å². The number of methoxy groups -OCH3 is 1. The highest BCUT2D eigenvalue weighted by molar-refractivity contribution is 7.89. The summed E-state index contributed by atoms with van der Waals surface area (Å²) in [6.45, 7) is 2.25. The number of rotatable bonds is 8. The molecule has 1 aliphatic rings. The largest absolute Gasteiger partial charge is 0.478 e. The second-order valence-corrected chi connectivity index (χ2v) is 7.09. The zero-order valence-corrected chi connectivity index (χ0v) is 13.3. The maximum atomic E-state index is 12.4. The van der Waals surface area contributed by atoms with Crippen LogP contribution in [0.3, 0.4) is 0 Å². The van der Waals surface area contributed by atoms with Crippen LogP contribution in [0, 0.1) is 0 Å². The molecule has 1 fully saturated rings. The van der Waals surface area contributed by atoms with Gasteiger partial charge in [-0.15, -0.1) is 0 Å². The summed E-state index contributed by atoms with van der Waals surface area (Å²) in [4.78, 5) is 11.0. The molecule has 0 spiro atoms. The van der Waals surface area contributed by atoms with E-state index in [2.05, 4.69) is 10.0 Å². The fourth-order valence-corrected chi connectivity index (χ4v) is 3.54. The Morgan fingerprint density at radius 2 is 2.14 bits per heavy atom. The van der Waals surface area contributed by atoms with Gasteiger partial charge in [0.2, 0.25) is 10.0 Å². The van der Waals surface area contributed by atoms with E-state index in [1.807, 2.05) is 6.92 Å². The molecule has 0 unspecified atom stereocenters. The summed E-state index contributed by atoms with van der Waals surface area (Å²) >= 11 is 0. The summed E-state index contributed by atoms with van der Waals surface area (Å²) in [5.74, 6) is -1.17. The van der Waals surface area contributed by atoms with Crippen molar-refractivity contribution in [1.29, 1.82) is 0 Å².